The van der Waals surface area contributed by atoms with Crippen LogP contribution in [-0.2, 0) is 19.2 Å². The van der Waals surface area contributed by atoms with Crippen molar-refractivity contribution in [3.8, 4) is 11.5 Å². The number of nitrogens with one attached hydrogen (secondary N) is 4. The molecule has 0 aliphatic carbocycles. The summed E-state index contributed by atoms with van der Waals surface area (Å²) >= 11 is 31.9. The third kappa shape index (κ3) is 14.5. The van der Waals surface area contributed by atoms with Crippen molar-refractivity contribution in [2.45, 2.75) is 62.8 Å². The number of methoxy groups -OCH3 is 2. The highest BCUT2D eigenvalue weighted by Gasteiger charge is 2.27. The zero-order chi connectivity index (χ0) is 50.7. The predicted octanol–water partition coefficient (Wildman–Crippen LogP) is 12.8. The van der Waals surface area contributed by atoms with Crippen molar-refractivity contribution >= 4 is 127 Å². The van der Waals surface area contributed by atoms with Crippen LogP contribution in [0.2, 0.25) is 10.0 Å². The summed E-state index contributed by atoms with van der Waals surface area (Å²) in [5.74, 6) is -3.15. The Kier molecular flexibility index (Phi) is 18.8. The van der Waals surface area contributed by atoms with Crippen LogP contribution in [0.15, 0.2) is 111 Å². The molecule has 4 N–H and O–H groups in total. The summed E-state index contributed by atoms with van der Waals surface area (Å²) < 4.78 is 10.6. The molecule has 5 aromatic carbocycles. The standard InChI is InChI=1S/C48H45Cl5N8O8/c1-23(49)37-11-9-35(68-6)21-41(37)56-45(64)28-14-30(52)18-33(16-28)58-60-43(26(4)62)47(66)54-32-8-13-40(39(20-32)25(3)51)55-48(67)44(27(5)63)61-59-34-17-29(15-31(53)19-34)46(65)57-42-22-36(69-7)10-12-38(42)24(2)50/h8-25,43-44H,1-7H3,(H,54,66)(H,55,67)(H,56,64)(H,57,65). The molecular weight excluding hydrogens is 994 g/mol. The van der Waals surface area contributed by atoms with Crippen molar-refractivity contribution < 1.29 is 38.2 Å². The van der Waals surface area contributed by atoms with E-state index < -0.39 is 63.4 Å². The monoisotopic (exact) mass is 1040 g/mol. The highest BCUT2D eigenvalue weighted by Crippen LogP contribution is 2.35. The van der Waals surface area contributed by atoms with E-state index in [0.29, 0.717) is 39.6 Å². The first-order valence-corrected chi connectivity index (χ1v) is 22.8. The summed E-state index contributed by atoms with van der Waals surface area (Å²) in [6.45, 7) is 7.42. The second-order valence-corrected chi connectivity index (χ2v) is 18.1. The zero-order valence-electron chi connectivity index (χ0n) is 38.0. The summed E-state index contributed by atoms with van der Waals surface area (Å²) in [6.07, 6.45) is 0. The quantitative estimate of drug-likeness (QED) is 0.0353. The van der Waals surface area contributed by atoms with Crippen molar-refractivity contribution in [1.29, 1.82) is 0 Å². The summed E-state index contributed by atoms with van der Waals surface area (Å²) in [5.41, 5.74) is 3.15. The summed E-state index contributed by atoms with van der Waals surface area (Å²) in [5, 5.41) is 25.6. The molecule has 5 atom stereocenters. The van der Waals surface area contributed by atoms with E-state index in [9.17, 15) is 28.8 Å². The topological polar surface area (TPSA) is 218 Å². The molecule has 69 heavy (non-hydrogen) atoms. The van der Waals surface area contributed by atoms with E-state index >= 15 is 0 Å². The number of ketones is 2. The van der Waals surface area contributed by atoms with Gasteiger partial charge in [-0.1, -0.05) is 35.3 Å². The lowest BCUT2D eigenvalue weighted by Crippen LogP contribution is -2.32. The summed E-state index contributed by atoms with van der Waals surface area (Å²) in [7, 11) is 2.98. The maximum absolute atomic E-state index is 13.6. The lowest BCUT2D eigenvalue weighted by atomic mass is 10.1. The van der Waals surface area contributed by atoms with Crippen LogP contribution in [0.1, 0.15) is 88.2 Å². The maximum Gasteiger partial charge on any atom is 0.258 e. The molecule has 5 unspecified atom stereocenters. The molecule has 0 heterocycles. The van der Waals surface area contributed by atoms with Crippen LogP contribution in [0.3, 0.4) is 0 Å². The first-order chi connectivity index (χ1) is 32.7. The lowest BCUT2D eigenvalue weighted by molar-refractivity contribution is -0.127. The second-order valence-electron chi connectivity index (χ2n) is 15.3. The Morgan fingerprint density at radius 2 is 0.913 bits per heavy atom. The van der Waals surface area contributed by atoms with Gasteiger partial charge in [-0.15, -0.1) is 34.8 Å². The Bertz CT molecular complexity index is 2860. The van der Waals surface area contributed by atoms with Gasteiger partial charge in [0.1, 0.15) is 11.5 Å². The van der Waals surface area contributed by atoms with E-state index in [2.05, 4.69) is 41.7 Å². The van der Waals surface area contributed by atoms with Crippen LogP contribution in [-0.4, -0.2) is 61.5 Å². The van der Waals surface area contributed by atoms with Crippen LogP contribution < -0.4 is 30.7 Å². The molecule has 0 aliphatic heterocycles. The van der Waals surface area contributed by atoms with E-state index in [1.165, 1.54) is 68.8 Å². The van der Waals surface area contributed by atoms with Crippen molar-refractivity contribution in [3.63, 3.8) is 0 Å². The number of hydrogen-bond donors (Lipinski definition) is 4. The molecular formula is C48H45Cl5N8O8. The maximum atomic E-state index is 13.6. The van der Waals surface area contributed by atoms with Gasteiger partial charge in [0.05, 0.1) is 41.7 Å². The number of rotatable bonds is 19. The molecule has 5 rings (SSSR count). The molecule has 5 aromatic rings. The first-order valence-electron chi connectivity index (χ1n) is 20.8. The van der Waals surface area contributed by atoms with Crippen LogP contribution in [0, 0.1) is 0 Å². The molecule has 0 fully saturated rings. The number of benzene rings is 5. The normalized spacial score (nSPS) is 13.4. The fraction of sp³-hybridized carbons (Fsp3) is 0.250. The van der Waals surface area contributed by atoms with Crippen LogP contribution in [0.4, 0.5) is 34.1 Å². The number of carbonyl (C=O) groups excluding carboxylic acids is 6. The van der Waals surface area contributed by atoms with Gasteiger partial charge < -0.3 is 30.7 Å². The van der Waals surface area contributed by atoms with Gasteiger partial charge in [0, 0.05) is 56.1 Å². The number of anilines is 4. The van der Waals surface area contributed by atoms with E-state index in [0.717, 1.165) is 13.8 Å². The van der Waals surface area contributed by atoms with Gasteiger partial charge in [0.2, 0.25) is 12.1 Å². The molecule has 0 saturated carbocycles. The average Bonchev–Trinajstić information content (AvgIpc) is 3.28. The van der Waals surface area contributed by atoms with E-state index in [4.69, 9.17) is 67.5 Å². The van der Waals surface area contributed by atoms with Crippen molar-refractivity contribution in [1.82, 2.24) is 0 Å². The van der Waals surface area contributed by atoms with Crippen molar-refractivity contribution in [2.24, 2.45) is 20.5 Å². The van der Waals surface area contributed by atoms with Crippen LogP contribution in [0.25, 0.3) is 0 Å². The van der Waals surface area contributed by atoms with Gasteiger partial charge >= 0.3 is 0 Å². The first kappa shape index (κ1) is 53.5. The Morgan fingerprint density at radius 1 is 0.493 bits per heavy atom. The molecule has 21 heteroatoms. The van der Waals surface area contributed by atoms with E-state index in [1.54, 1.807) is 57.2 Å². The number of ether oxygens (including phenoxy) is 2. The predicted molar refractivity (Wildman–Crippen MR) is 269 cm³/mol. The minimum atomic E-state index is -1.64. The number of Topliss-reactive ketones (excluding diaryl/α,β-unsaturated/α-hetero) is 2. The molecule has 0 saturated heterocycles. The highest BCUT2D eigenvalue weighted by molar-refractivity contribution is 6.32. The van der Waals surface area contributed by atoms with Gasteiger partial charge in [0.25, 0.3) is 23.6 Å². The number of alkyl halides is 3. The molecule has 0 aliphatic rings. The van der Waals surface area contributed by atoms with E-state index in [-0.39, 0.29) is 43.9 Å². The van der Waals surface area contributed by atoms with Crippen LogP contribution in [0.5, 0.6) is 11.5 Å². The average molecular weight is 1040 g/mol. The van der Waals surface area contributed by atoms with Gasteiger partial charge in [-0.3, -0.25) is 28.8 Å². The fourth-order valence-electron chi connectivity index (χ4n) is 6.53. The fourth-order valence-corrected chi connectivity index (χ4v) is 7.55. The van der Waals surface area contributed by atoms with Crippen molar-refractivity contribution in [2.75, 3.05) is 35.5 Å². The highest BCUT2D eigenvalue weighted by atomic mass is 35.5. The minimum absolute atomic E-state index is 0.0725. The zero-order valence-corrected chi connectivity index (χ0v) is 41.8. The number of halogens is 5. The molecule has 0 radical (unpaired) electrons. The molecule has 0 spiro atoms. The van der Waals surface area contributed by atoms with Crippen molar-refractivity contribution in [3.05, 3.63) is 129 Å². The van der Waals surface area contributed by atoms with Crippen LogP contribution >= 0.6 is 58.0 Å². The molecule has 0 bridgehead atoms. The number of nitrogens with zero attached hydrogens (tertiary/aromatic N) is 4. The number of hydrogen-bond acceptors (Lipinski definition) is 12. The number of azo groups is 2. The lowest BCUT2D eigenvalue weighted by Gasteiger charge is -2.17. The van der Waals surface area contributed by atoms with Gasteiger partial charge in [-0.25, -0.2) is 0 Å². The van der Waals surface area contributed by atoms with Gasteiger partial charge in [-0.2, -0.15) is 20.5 Å². The molecule has 4 amide bonds. The van der Waals surface area contributed by atoms with Gasteiger partial charge in [-0.05, 0) is 118 Å². The Balaban J connectivity index is 1.29. The Hall–Kier alpha value is -6.43. The third-order valence-electron chi connectivity index (χ3n) is 10.0. The Labute approximate surface area is 422 Å². The van der Waals surface area contributed by atoms with E-state index in [1.807, 2.05) is 0 Å². The molecule has 16 nitrogen and oxygen atoms in total. The number of amides is 4. The number of carbonyl (C=O) groups is 6. The van der Waals surface area contributed by atoms with Gasteiger partial charge in [0.15, 0.2) is 11.6 Å². The SMILES string of the molecule is COc1ccc(C(C)Cl)c(NC(=O)c2cc(Cl)cc(N=NC(C(C)=O)C(=O)Nc3ccc(NC(=O)C(N=Nc4cc(Cl)cc(C(=O)Nc5cc(OC)ccc5C(C)Cl)c4)C(C)=O)c(C(C)Cl)c3)c2)c1. The smallest absolute Gasteiger partial charge is 0.258 e. The summed E-state index contributed by atoms with van der Waals surface area (Å²) in [4.78, 5) is 79.2. The third-order valence-corrected chi connectivity index (χ3v) is 11.2. The molecule has 0 aromatic heterocycles. The minimum Gasteiger partial charge on any atom is -0.497 e. The molecule has 360 valence electrons. The Morgan fingerprint density at radius 3 is 1.30 bits per heavy atom. The largest absolute Gasteiger partial charge is 0.497 e. The second kappa shape index (κ2) is 24.2. The summed E-state index contributed by atoms with van der Waals surface area (Å²) in [6, 6.07) is 19.6.